The standard InChI is InChI=1S/C21H21N3O4/c1-28-20(27)23-15-8-6-14(7-9-15)22-18(25)19(26)24-17-12-21(17)11-10-13-4-2-3-5-16(13)21/h2-9,17H,10-12H2,1H3,(H,22,25)(H,23,27)(H,24,26). The second kappa shape index (κ2) is 6.99. The molecule has 0 radical (unpaired) electrons. The average molecular weight is 379 g/mol. The zero-order valence-corrected chi connectivity index (χ0v) is 15.5. The number of fused-ring (bicyclic) bond motifs is 2. The van der Waals surface area contributed by atoms with Crippen LogP contribution in [0.3, 0.4) is 0 Å². The number of methoxy groups -OCH3 is 1. The lowest BCUT2D eigenvalue weighted by atomic mass is 9.97. The van der Waals surface area contributed by atoms with E-state index in [2.05, 4.69) is 32.8 Å². The predicted octanol–water partition coefficient (Wildman–Crippen LogP) is 2.58. The zero-order valence-electron chi connectivity index (χ0n) is 15.5. The molecule has 3 amide bonds. The maximum absolute atomic E-state index is 12.3. The van der Waals surface area contributed by atoms with Gasteiger partial charge in [-0.15, -0.1) is 0 Å². The molecule has 0 aliphatic heterocycles. The van der Waals surface area contributed by atoms with Crippen LogP contribution in [-0.4, -0.2) is 31.1 Å². The van der Waals surface area contributed by atoms with Gasteiger partial charge in [0.2, 0.25) is 0 Å². The lowest BCUT2D eigenvalue weighted by Crippen LogP contribution is -2.39. The summed E-state index contributed by atoms with van der Waals surface area (Å²) in [5, 5.41) is 7.95. The minimum atomic E-state index is -0.706. The summed E-state index contributed by atoms with van der Waals surface area (Å²) in [5.74, 6) is -1.34. The van der Waals surface area contributed by atoms with Crippen molar-refractivity contribution in [2.24, 2.45) is 0 Å². The van der Waals surface area contributed by atoms with E-state index in [9.17, 15) is 14.4 Å². The highest BCUT2D eigenvalue weighted by molar-refractivity contribution is 6.39. The number of hydrogen-bond donors (Lipinski definition) is 3. The van der Waals surface area contributed by atoms with Crippen LogP contribution >= 0.6 is 0 Å². The van der Waals surface area contributed by atoms with Crippen LogP contribution < -0.4 is 16.0 Å². The quantitative estimate of drug-likeness (QED) is 0.714. The fourth-order valence-corrected chi connectivity index (χ4v) is 4.00. The number of nitrogens with one attached hydrogen (secondary N) is 3. The Morgan fingerprint density at radius 2 is 1.64 bits per heavy atom. The van der Waals surface area contributed by atoms with Crippen molar-refractivity contribution in [3.05, 3.63) is 59.7 Å². The van der Waals surface area contributed by atoms with E-state index in [1.54, 1.807) is 24.3 Å². The lowest BCUT2D eigenvalue weighted by molar-refractivity contribution is -0.136. The summed E-state index contributed by atoms with van der Waals surface area (Å²) in [6.07, 6.45) is 2.31. The highest BCUT2D eigenvalue weighted by Crippen LogP contribution is 2.56. The summed E-state index contributed by atoms with van der Waals surface area (Å²) < 4.78 is 4.51. The summed E-state index contributed by atoms with van der Waals surface area (Å²) in [6, 6.07) is 14.7. The molecule has 4 rings (SSSR count). The lowest BCUT2D eigenvalue weighted by Gasteiger charge is -2.12. The van der Waals surface area contributed by atoms with Crippen LogP contribution in [-0.2, 0) is 26.2 Å². The van der Waals surface area contributed by atoms with Gasteiger partial charge in [-0.2, -0.15) is 0 Å². The van der Waals surface area contributed by atoms with E-state index in [1.165, 1.54) is 18.2 Å². The number of carbonyl (C=O) groups excluding carboxylic acids is 3. The molecule has 2 aliphatic rings. The summed E-state index contributed by atoms with van der Waals surface area (Å²) >= 11 is 0. The molecule has 1 spiro atoms. The summed E-state index contributed by atoms with van der Waals surface area (Å²) in [6.45, 7) is 0. The molecule has 3 N–H and O–H groups in total. The van der Waals surface area contributed by atoms with E-state index in [-0.39, 0.29) is 11.5 Å². The van der Waals surface area contributed by atoms with Gasteiger partial charge < -0.3 is 15.4 Å². The Balaban J connectivity index is 1.33. The Morgan fingerprint density at radius 1 is 0.964 bits per heavy atom. The minimum Gasteiger partial charge on any atom is -0.453 e. The number of ether oxygens (including phenoxy) is 1. The molecule has 7 nitrogen and oxygen atoms in total. The number of aryl methyl sites for hydroxylation is 1. The third-order valence-corrected chi connectivity index (χ3v) is 5.56. The summed E-state index contributed by atoms with van der Waals surface area (Å²) in [7, 11) is 1.27. The monoisotopic (exact) mass is 379 g/mol. The predicted molar refractivity (Wildman–Crippen MR) is 104 cm³/mol. The second-order valence-electron chi connectivity index (χ2n) is 7.19. The summed E-state index contributed by atoms with van der Waals surface area (Å²) in [5.41, 5.74) is 3.62. The van der Waals surface area contributed by atoms with Crippen molar-refractivity contribution in [2.45, 2.75) is 30.7 Å². The number of carbonyl (C=O) groups is 3. The van der Waals surface area contributed by atoms with Crippen molar-refractivity contribution >= 4 is 29.3 Å². The molecule has 28 heavy (non-hydrogen) atoms. The minimum absolute atomic E-state index is 0.000956. The molecule has 2 aliphatic carbocycles. The van der Waals surface area contributed by atoms with Gasteiger partial charge in [0.25, 0.3) is 0 Å². The first kappa shape index (κ1) is 18.0. The van der Waals surface area contributed by atoms with Gasteiger partial charge in [-0.1, -0.05) is 24.3 Å². The highest BCUT2D eigenvalue weighted by atomic mass is 16.5. The fourth-order valence-electron chi connectivity index (χ4n) is 4.00. The van der Waals surface area contributed by atoms with Crippen molar-refractivity contribution in [1.29, 1.82) is 0 Å². The Bertz CT molecular complexity index is 941. The molecule has 1 saturated carbocycles. The maximum Gasteiger partial charge on any atom is 0.411 e. The van der Waals surface area contributed by atoms with Gasteiger partial charge in [0.15, 0.2) is 0 Å². The molecule has 2 aromatic rings. The molecule has 2 atom stereocenters. The van der Waals surface area contributed by atoms with Gasteiger partial charge in [-0.05, 0) is 54.7 Å². The van der Waals surface area contributed by atoms with Gasteiger partial charge in [0.1, 0.15) is 0 Å². The number of rotatable bonds is 3. The maximum atomic E-state index is 12.3. The van der Waals surface area contributed by atoms with Crippen LogP contribution in [0, 0.1) is 0 Å². The molecular weight excluding hydrogens is 358 g/mol. The second-order valence-corrected chi connectivity index (χ2v) is 7.19. The van der Waals surface area contributed by atoms with E-state index in [0.29, 0.717) is 11.4 Å². The Hall–Kier alpha value is -3.35. The first-order valence-electron chi connectivity index (χ1n) is 9.17. The zero-order chi connectivity index (χ0) is 19.7. The smallest absolute Gasteiger partial charge is 0.411 e. The van der Waals surface area contributed by atoms with Crippen LogP contribution in [0.5, 0.6) is 0 Å². The molecule has 0 aromatic heterocycles. The number of benzene rings is 2. The molecule has 0 bridgehead atoms. The molecule has 0 saturated heterocycles. The third-order valence-electron chi connectivity index (χ3n) is 5.56. The molecule has 144 valence electrons. The van der Waals surface area contributed by atoms with E-state index in [0.717, 1.165) is 19.3 Å². The molecule has 0 heterocycles. The van der Waals surface area contributed by atoms with Crippen molar-refractivity contribution in [2.75, 3.05) is 17.7 Å². The Labute approximate surface area is 162 Å². The third kappa shape index (κ3) is 3.31. The Morgan fingerprint density at radius 3 is 2.36 bits per heavy atom. The molecule has 1 fully saturated rings. The summed E-state index contributed by atoms with van der Waals surface area (Å²) in [4.78, 5) is 35.7. The fraction of sp³-hybridized carbons (Fsp3) is 0.286. The van der Waals surface area contributed by atoms with Crippen molar-refractivity contribution < 1.29 is 19.1 Å². The highest BCUT2D eigenvalue weighted by Gasteiger charge is 2.58. The SMILES string of the molecule is COC(=O)Nc1ccc(NC(=O)C(=O)NC2CC23CCc2ccccc23)cc1. The van der Waals surface area contributed by atoms with Gasteiger partial charge in [-0.3, -0.25) is 14.9 Å². The molecular formula is C21H21N3O4. The topological polar surface area (TPSA) is 96.5 Å². The number of hydrogen-bond acceptors (Lipinski definition) is 4. The first-order chi connectivity index (χ1) is 13.5. The molecule has 2 unspecified atom stereocenters. The van der Waals surface area contributed by atoms with E-state index < -0.39 is 17.9 Å². The normalized spacial score (nSPS) is 21.5. The van der Waals surface area contributed by atoms with Crippen LogP contribution in [0.4, 0.5) is 16.2 Å². The van der Waals surface area contributed by atoms with Gasteiger partial charge in [0.05, 0.1) is 7.11 Å². The van der Waals surface area contributed by atoms with Crippen LogP contribution in [0.1, 0.15) is 24.0 Å². The largest absolute Gasteiger partial charge is 0.453 e. The van der Waals surface area contributed by atoms with Crippen molar-refractivity contribution in [1.82, 2.24) is 5.32 Å². The van der Waals surface area contributed by atoms with Crippen LogP contribution in [0.2, 0.25) is 0 Å². The first-order valence-corrected chi connectivity index (χ1v) is 9.17. The van der Waals surface area contributed by atoms with Crippen LogP contribution in [0.25, 0.3) is 0 Å². The molecule has 2 aromatic carbocycles. The average Bonchev–Trinajstić information content (AvgIpc) is 3.27. The van der Waals surface area contributed by atoms with Crippen molar-refractivity contribution in [3.8, 4) is 0 Å². The van der Waals surface area contributed by atoms with Gasteiger partial charge in [-0.25, -0.2) is 4.79 Å². The number of anilines is 2. The number of amides is 3. The van der Waals surface area contributed by atoms with E-state index in [1.807, 2.05) is 12.1 Å². The molecule has 7 heteroatoms. The van der Waals surface area contributed by atoms with Gasteiger partial charge in [0, 0.05) is 22.8 Å². The van der Waals surface area contributed by atoms with E-state index >= 15 is 0 Å². The Kier molecular flexibility index (Phi) is 4.50. The van der Waals surface area contributed by atoms with E-state index in [4.69, 9.17) is 0 Å². The van der Waals surface area contributed by atoms with Gasteiger partial charge >= 0.3 is 17.9 Å². The van der Waals surface area contributed by atoms with Crippen LogP contribution in [0.15, 0.2) is 48.5 Å². The van der Waals surface area contributed by atoms with Crippen molar-refractivity contribution in [3.63, 3.8) is 0 Å².